The summed E-state index contributed by atoms with van der Waals surface area (Å²) in [6, 6.07) is 0. The van der Waals surface area contributed by atoms with E-state index in [-0.39, 0.29) is 24.7 Å². The second-order valence-corrected chi connectivity index (χ2v) is 34.1. The van der Waals surface area contributed by atoms with Crippen molar-refractivity contribution in [3.8, 4) is 0 Å². The Morgan fingerprint density at radius 3 is 1.47 bits per heavy atom. The molecule has 0 bridgehead atoms. The molecule has 2 aromatic rings. The highest BCUT2D eigenvalue weighted by molar-refractivity contribution is 5.73. The lowest BCUT2D eigenvalue weighted by atomic mass is 9.49. The van der Waals surface area contributed by atoms with Crippen LogP contribution >= 0.6 is 0 Å². The van der Waals surface area contributed by atoms with Gasteiger partial charge >= 0.3 is 5.97 Å². The molecule has 8 aliphatic rings. The SMILES string of the molecule is C.CC(C)C1CC=C2C[C@@H](OCn3ccnc3)CC[C@]2(C)C1C(C)(C)C.CC(C)C1CC=C2C[C@@H](c3nn[nH]n3)CC[C@]2(C)C1C(C)C.CCOC(=O)[C@H]1CC[C@@]2(C)C(=CCC(C(C)C)C2C(C)C)C1.CO[C@H]1CC[C@@]2(C)C(=CCC(C(C)C)C2C(C)C)C1. The number of carbonyl (C=O) groups excluding carboxylic acids is 1. The van der Waals surface area contributed by atoms with Crippen LogP contribution in [0.1, 0.15) is 274 Å². The number of H-pyrrole nitrogens is 1. The molecule has 89 heavy (non-hydrogen) atoms. The number of allylic oxidation sites excluding steroid dienone is 6. The number of nitrogens with one attached hydrogen (secondary N) is 1. The molecule has 10 heteroatoms. The molecular weight excluding hydrogens is 1100 g/mol. The molecule has 0 aliphatic heterocycles. The van der Waals surface area contributed by atoms with Crippen LogP contribution in [0.2, 0.25) is 0 Å². The van der Waals surface area contributed by atoms with Crippen LogP contribution in [0.15, 0.2) is 65.3 Å². The van der Waals surface area contributed by atoms with Crippen LogP contribution in [0.5, 0.6) is 0 Å². The van der Waals surface area contributed by atoms with Crippen molar-refractivity contribution in [3.05, 3.63) is 71.1 Å². The molecule has 0 spiro atoms. The molecule has 4 fully saturated rings. The maximum atomic E-state index is 12.1. The van der Waals surface area contributed by atoms with E-state index in [1.54, 1.807) is 16.7 Å². The van der Waals surface area contributed by atoms with Gasteiger partial charge in [-0.25, -0.2) is 4.98 Å². The van der Waals surface area contributed by atoms with Crippen molar-refractivity contribution in [1.29, 1.82) is 0 Å². The van der Waals surface area contributed by atoms with Gasteiger partial charge in [0, 0.05) is 25.4 Å². The molecule has 1 N–H and O–H groups in total. The van der Waals surface area contributed by atoms with Crippen molar-refractivity contribution >= 4 is 5.97 Å². The first kappa shape index (κ1) is 74.7. The van der Waals surface area contributed by atoms with Crippen molar-refractivity contribution in [1.82, 2.24) is 30.2 Å². The fourth-order valence-electron chi connectivity index (χ4n) is 21.1. The van der Waals surface area contributed by atoms with Gasteiger partial charge in [-0.15, -0.1) is 10.2 Å². The zero-order chi connectivity index (χ0) is 64.8. The minimum absolute atomic E-state index is 0. The minimum atomic E-state index is 0. The Kier molecular flexibility index (Phi) is 26.2. The number of nitrogens with zero attached hydrogens (tertiary/aromatic N) is 5. The summed E-state index contributed by atoms with van der Waals surface area (Å²) in [4.78, 5) is 16.2. The number of aromatic nitrogens is 6. The Balaban J connectivity index is 0.000000189. The number of aromatic amines is 1. The predicted octanol–water partition coefficient (Wildman–Crippen LogP) is 21.0. The third-order valence-electron chi connectivity index (χ3n) is 25.2. The van der Waals surface area contributed by atoms with E-state index in [0.717, 1.165) is 121 Å². The van der Waals surface area contributed by atoms with Gasteiger partial charge in [0.25, 0.3) is 0 Å². The average molecular weight is 1230 g/mol. The topological polar surface area (TPSA) is 117 Å². The molecule has 10 rings (SSSR count). The molecule has 0 aromatic carbocycles. The Labute approximate surface area is 546 Å². The van der Waals surface area contributed by atoms with Crippen LogP contribution in [0.4, 0.5) is 0 Å². The fraction of sp³-hybridized carbons (Fsp3) is 0.835. The first-order chi connectivity index (χ1) is 41.4. The third kappa shape index (κ3) is 16.6. The van der Waals surface area contributed by atoms with Gasteiger partial charge < -0.3 is 18.8 Å². The highest BCUT2D eigenvalue weighted by Gasteiger charge is 2.54. The largest absolute Gasteiger partial charge is 0.466 e. The average Bonchev–Trinajstić information content (AvgIpc) is 1.24. The van der Waals surface area contributed by atoms with Gasteiger partial charge in [0.2, 0.25) is 0 Å². The molecule has 0 amide bonds. The fourth-order valence-corrected chi connectivity index (χ4v) is 21.1. The third-order valence-corrected chi connectivity index (χ3v) is 25.2. The zero-order valence-corrected chi connectivity index (χ0v) is 60.6. The molecule has 0 saturated heterocycles. The Bertz CT molecular complexity index is 2620. The molecule has 8 unspecified atom stereocenters. The number of carbonyl (C=O) groups is 1. The number of hydrogen-bond acceptors (Lipinski definition) is 8. The van der Waals surface area contributed by atoms with E-state index in [2.05, 4.69) is 195 Å². The van der Waals surface area contributed by atoms with Gasteiger partial charge in [-0.1, -0.05) is 205 Å². The molecule has 10 nitrogen and oxygen atoms in total. The van der Waals surface area contributed by atoms with E-state index in [9.17, 15) is 4.79 Å². The molecular formula is C79H136N6O4. The zero-order valence-electron chi connectivity index (χ0n) is 60.6. The van der Waals surface area contributed by atoms with Crippen LogP contribution in [0, 0.1) is 122 Å². The van der Waals surface area contributed by atoms with Crippen LogP contribution in [-0.4, -0.2) is 62.1 Å². The smallest absolute Gasteiger partial charge is 0.309 e. The summed E-state index contributed by atoms with van der Waals surface area (Å²) in [7, 11) is 1.87. The summed E-state index contributed by atoms with van der Waals surface area (Å²) in [5, 5.41) is 14.8. The molecule has 8 aliphatic carbocycles. The van der Waals surface area contributed by atoms with Crippen LogP contribution in [-0.2, 0) is 25.7 Å². The van der Waals surface area contributed by atoms with Crippen LogP contribution in [0.3, 0.4) is 0 Å². The molecule has 2 heterocycles. The van der Waals surface area contributed by atoms with Gasteiger partial charge in [-0.3, -0.25) is 4.79 Å². The number of hydrogen-bond donors (Lipinski definition) is 1. The minimum Gasteiger partial charge on any atom is -0.466 e. The van der Waals surface area contributed by atoms with Crippen LogP contribution < -0.4 is 0 Å². The first-order valence-electron chi connectivity index (χ1n) is 36.1. The summed E-state index contributed by atoms with van der Waals surface area (Å²) in [5.41, 5.74) is 8.29. The first-order valence-corrected chi connectivity index (χ1v) is 36.1. The van der Waals surface area contributed by atoms with E-state index < -0.39 is 0 Å². The number of fused-ring (bicyclic) bond motifs is 4. The van der Waals surface area contributed by atoms with Crippen LogP contribution in [0.25, 0.3) is 0 Å². The maximum absolute atomic E-state index is 12.1. The summed E-state index contributed by atoms with van der Waals surface area (Å²) in [6.45, 7) is 54.0. The second-order valence-electron chi connectivity index (χ2n) is 34.1. The van der Waals surface area contributed by atoms with Crippen molar-refractivity contribution in [2.75, 3.05) is 13.7 Å². The van der Waals surface area contributed by atoms with Gasteiger partial charge in [-0.2, -0.15) is 5.21 Å². The van der Waals surface area contributed by atoms with E-state index in [0.29, 0.717) is 59.0 Å². The highest BCUT2D eigenvalue weighted by atomic mass is 16.5. The standard InChI is InChI=1S/C22H36N2O.C20H34O2.C18H30N4.C18H32O.CH4/c1-16(2)19-8-7-17-13-18(25-15-24-12-11-23-14-24)9-10-22(17,6)20(19)21(3,4)5;1-7-22-19(21)15-10-11-20(6)16(12-15)8-9-17(13(2)3)18(20)14(4)5;1-11(2)15-7-6-14-10-13(17-19-21-22-20-17)8-9-18(14,5)16(15)12(3)4;1-12(2)16-8-7-14-11-15(19-6)9-10-18(14,5)17(16)13(3)4;/h7,11-12,14,16,18-20H,8-10,13,15H2,1-6H3;8,13-15,17-18H,7,9-12H2,1-6H3;6,11-13,15-16H,7-10H2,1-5H3,(H,19,20,21,22);7,12-13,15-17H,8-11H2,1-6H3;1H4/t18-,19?,20?,22-;15-,17?,18?,20-;13-,15?,16?,18-;15-,16?,17?,18-;/m0000./s1. The van der Waals surface area contributed by atoms with Crippen molar-refractivity contribution < 1.29 is 19.0 Å². The number of tetrazole rings is 1. The number of rotatable bonds is 14. The summed E-state index contributed by atoms with van der Waals surface area (Å²) >= 11 is 0. The molecule has 0 radical (unpaired) electrons. The number of imidazole rings is 1. The van der Waals surface area contributed by atoms with Gasteiger partial charge in [0.1, 0.15) is 6.73 Å². The lowest BCUT2D eigenvalue weighted by Gasteiger charge is -2.56. The van der Waals surface area contributed by atoms with E-state index in [4.69, 9.17) is 14.2 Å². The van der Waals surface area contributed by atoms with Gasteiger partial charge in [0.05, 0.1) is 31.1 Å². The van der Waals surface area contributed by atoms with E-state index >= 15 is 0 Å². The monoisotopic (exact) mass is 1230 g/mol. The van der Waals surface area contributed by atoms with Crippen molar-refractivity contribution in [3.63, 3.8) is 0 Å². The number of ether oxygens (including phenoxy) is 3. The quantitative estimate of drug-likeness (QED) is 0.147. The summed E-state index contributed by atoms with van der Waals surface area (Å²) in [6.07, 6.45) is 35.3. The van der Waals surface area contributed by atoms with Crippen molar-refractivity contribution in [2.45, 2.75) is 287 Å². The summed E-state index contributed by atoms with van der Waals surface area (Å²) < 4.78 is 19.1. The number of esters is 1. The predicted molar refractivity (Wildman–Crippen MR) is 372 cm³/mol. The molecule has 2 aromatic heterocycles. The number of methoxy groups -OCH3 is 1. The van der Waals surface area contributed by atoms with E-state index in [1.807, 2.05) is 37.3 Å². The van der Waals surface area contributed by atoms with Gasteiger partial charge in [0.15, 0.2) is 5.82 Å². The van der Waals surface area contributed by atoms with Gasteiger partial charge in [-0.05, 0) is 226 Å². The Hall–Kier alpha value is -3.37. The molecule has 4 saturated carbocycles. The maximum Gasteiger partial charge on any atom is 0.309 e. The molecule has 506 valence electrons. The Morgan fingerprint density at radius 1 is 0.596 bits per heavy atom. The highest BCUT2D eigenvalue weighted by Crippen LogP contribution is 2.62. The van der Waals surface area contributed by atoms with E-state index in [1.165, 1.54) is 76.2 Å². The Morgan fingerprint density at radius 2 is 1.03 bits per heavy atom. The molecule has 16 atom stereocenters. The van der Waals surface area contributed by atoms with Crippen molar-refractivity contribution in [2.24, 2.45) is 122 Å². The summed E-state index contributed by atoms with van der Waals surface area (Å²) in [5.74, 6) is 13.0. The second kappa shape index (κ2) is 31.2. The lowest BCUT2D eigenvalue weighted by Crippen LogP contribution is -2.49. The lowest BCUT2D eigenvalue weighted by molar-refractivity contribution is -0.149. The normalized spacial score (nSPS) is 35.3.